The maximum absolute atomic E-state index is 11.5. The van der Waals surface area contributed by atoms with E-state index in [1.165, 1.54) is 0 Å². The maximum atomic E-state index is 11.5. The topological polar surface area (TPSA) is 64.2 Å². The number of aryl methyl sites for hydroxylation is 2. The number of aromatic nitrogens is 2. The SMILES string of the molecule is COc1cc(C)c(-c2cc(C)[nH]c(=O)n2)cc1OC. The molecule has 0 radical (unpaired) electrons. The maximum Gasteiger partial charge on any atom is 0.345 e. The van der Waals surface area contributed by atoms with E-state index < -0.39 is 0 Å². The minimum absolute atomic E-state index is 0.357. The Kier molecular flexibility index (Phi) is 3.55. The van der Waals surface area contributed by atoms with Crippen LogP contribution in [0.25, 0.3) is 11.3 Å². The van der Waals surface area contributed by atoms with Gasteiger partial charge >= 0.3 is 5.69 Å². The monoisotopic (exact) mass is 260 g/mol. The Bertz CT molecular complexity index is 662. The first kappa shape index (κ1) is 13.1. The Labute approximate surface area is 111 Å². The van der Waals surface area contributed by atoms with Crippen LogP contribution < -0.4 is 15.2 Å². The standard InChI is InChI=1S/C14H16N2O3/c1-8-5-12(18-3)13(19-4)7-10(8)11-6-9(2)15-14(17)16-11/h5-7H,1-4H3,(H,15,16,17). The van der Waals surface area contributed by atoms with Crippen LogP contribution in [0.1, 0.15) is 11.3 Å². The number of aromatic amines is 1. The van der Waals surface area contributed by atoms with Crippen LogP contribution in [-0.2, 0) is 0 Å². The van der Waals surface area contributed by atoms with E-state index in [-0.39, 0.29) is 5.69 Å². The van der Waals surface area contributed by atoms with Crippen molar-refractivity contribution >= 4 is 0 Å². The number of nitrogens with zero attached hydrogens (tertiary/aromatic N) is 1. The summed E-state index contributed by atoms with van der Waals surface area (Å²) in [5, 5.41) is 0. The summed E-state index contributed by atoms with van der Waals surface area (Å²) in [5.74, 6) is 1.27. The van der Waals surface area contributed by atoms with E-state index in [9.17, 15) is 4.79 Å². The average Bonchev–Trinajstić information content (AvgIpc) is 2.37. The molecular formula is C14H16N2O3. The van der Waals surface area contributed by atoms with Crippen LogP contribution in [0.2, 0.25) is 0 Å². The summed E-state index contributed by atoms with van der Waals surface area (Å²) >= 11 is 0. The van der Waals surface area contributed by atoms with Gasteiger partial charge in [-0.2, -0.15) is 4.98 Å². The summed E-state index contributed by atoms with van der Waals surface area (Å²) in [5.41, 5.74) is 2.86. The largest absolute Gasteiger partial charge is 0.493 e. The van der Waals surface area contributed by atoms with E-state index in [4.69, 9.17) is 9.47 Å². The molecule has 0 spiro atoms. The molecule has 0 bridgehead atoms. The molecule has 5 heteroatoms. The first-order chi connectivity index (χ1) is 9.05. The lowest BCUT2D eigenvalue weighted by Crippen LogP contribution is -2.12. The fourth-order valence-corrected chi connectivity index (χ4v) is 1.97. The van der Waals surface area contributed by atoms with Crippen molar-refractivity contribution in [3.63, 3.8) is 0 Å². The van der Waals surface area contributed by atoms with Crippen LogP contribution in [0.4, 0.5) is 0 Å². The van der Waals surface area contributed by atoms with Gasteiger partial charge in [0, 0.05) is 11.3 Å². The highest BCUT2D eigenvalue weighted by Crippen LogP contribution is 2.34. The van der Waals surface area contributed by atoms with Gasteiger partial charge in [0.15, 0.2) is 11.5 Å². The molecule has 1 N–H and O–H groups in total. The average molecular weight is 260 g/mol. The molecule has 0 aliphatic rings. The Hall–Kier alpha value is -2.30. The molecule has 0 unspecified atom stereocenters. The highest BCUT2D eigenvalue weighted by Gasteiger charge is 2.11. The number of benzene rings is 1. The highest BCUT2D eigenvalue weighted by atomic mass is 16.5. The molecule has 100 valence electrons. The molecule has 5 nitrogen and oxygen atoms in total. The minimum atomic E-state index is -0.357. The molecule has 0 aliphatic carbocycles. The normalized spacial score (nSPS) is 10.3. The second kappa shape index (κ2) is 5.14. The molecular weight excluding hydrogens is 244 g/mol. The van der Waals surface area contributed by atoms with Crippen LogP contribution in [-0.4, -0.2) is 24.2 Å². The lowest BCUT2D eigenvalue weighted by atomic mass is 10.0. The van der Waals surface area contributed by atoms with E-state index in [0.717, 1.165) is 16.8 Å². The van der Waals surface area contributed by atoms with E-state index in [1.807, 2.05) is 32.0 Å². The second-order valence-corrected chi connectivity index (χ2v) is 4.28. The number of ether oxygens (including phenoxy) is 2. The van der Waals surface area contributed by atoms with E-state index in [1.54, 1.807) is 14.2 Å². The van der Waals surface area contributed by atoms with Gasteiger partial charge in [0.25, 0.3) is 0 Å². The van der Waals surface area contributed by atoms with Crippen molar-refractivity contribution in [1.29, 1.82) is 0 Å². The molecule has 19 heavy (non-hydrogen) atoms. The summed E-state index contributed by atoms with van der Waals surface area (Å²) in [7, 11) is 3.17. The summed E-state index contributed by atoms with van der Waals surface area (Å²) in [6.45, 7) is 3.76. The molecule has 1 heterocycles. The summed E-state index contributed by atoms with van der Waals surface area (Å²) in [6.07, 6.45) is 0. The Morgan fingerprint density at radius 1 is 1.05 bits per heavy atom. The van der Waals surface area contributed by atoms with Crippen molar-refractivity contribution in [2.45, 2.75) is 13.8 Å². The molecule has 1 aromatic heterocycles. The smallest absolute Gasteiger partial charge is 0.345 e. The van der Waals surface area contributed by atoms with Gasteiger partial charge in [-0.3, -0.25) is 0 Å². The second-order valence-electron chi connectivity index (χ2n) is 4.28. The number of hydrogen-bond acceptors (Lipinski definition) is 4. The molecule has 0 fully saturated rings. The van der Waals surface area contributed by atoms with Crippen LogP contribution in [0, 0.1) is 13.8 Å². The minimum Gasteiger partial charge on any atom is -0.493 e. The fourth-order valence-electron chi connectivity index (χ4n) is 1.97. The Morgan fingerprint density at radius 3 is 2.26 bits per heavy atom. The summed E-state index contributed by atoms with van der Waals surface area (Å²) in [4.78, 5) is 18.1. The highest BCUT2D eigenvalue weighted by molar-refractivity contribution is 5.68. The van der Waals surface area contributed by atoms with Gasteiger partial charge in [0.2, 0.25) is 0 Å². The number of H-pyrrole nitrogens is 1. The Balaban J connectivity index is 2.64. The number of hydrogen-bond donors (Lipinski definition) is 1. The van der Waals surface area contributed by atoms with Crippen LogP contribution >= 0.6 is 0 Å². The van der Waals surface area contributed by atoms with Crippen LogP contribution in [0.5, 0.6) is 11.5 Å². The third kappa shape index (κ3) is 2.59. The first-order valence-corrected chi connectivity index (χ1v) is 5.86. The zero-order valence-corrected chi connectivity index (χ0v) is 11.4. The van der Waals surface area contributed by atoms with Gasteiger partial charge in [-0.15, -0.1) is 0 Å². The van der Waals surface area contributed by atoms with Gasteiger partial charge in [-0.1, -0.05) is 0 Å². The quantitative estimate of drug-likeness (QED) is 0.917. The van der Waals surface area contributed by atoms with E-state index >= 15 is 0 Å². The van der Waals surface area contributed by atoms with Gasteiger partial charge in [0.05, 0.1) is 19.9 Å². The van der Waals surface area contributed by atoms with Gasteiger partial charge in [-0.05, 0) is 37.6 Å². The van der Waals surface area contributed by atoms with Crippen molar-refractivity contribution in [2.24, 2.45) is 0 Å². The number of nitrogens with one attached hydrogen (secondary N) is 1. The Morgan fingerprint density at radius 2 is 1.68 bits per heavy atom. The molecule has 1 aromatic carbocycles. The summed E-state index contributed by atoms with van der Waals surface area (Å²) < 4.78 is 10.5. The van der Waals surface area contributed by atoms with Crippen molar-refractivity contribution in [1.82, 2.24) is 9.97 Å². The third-order valence-electron chi connectivity index (χ3n) is 2.89. The molecule has 0 saturated carbocycles. The van der Waals surface area contributed by atoms with Gasteiger partial charge < -0.3 is 14.5 Å². The van der Waals surface area contributed by atoms with Crippen molar-refractivity contribution < 1.29 is 9.47 Å². The fraction of sp³-hybridized carbons (Fsp3) is 0.286. The zero-order chi connectivity index (χ0) is 14.0. The van der Waals surface area contributed by atoms with Crippen LogP contribution in [0.15, 0.2) is 23.0 Å². The molecule has 0 amide bonds. The van der Waals surface area contributed by atoms with Gasteiger partial charge in [0.1, 0.15) is 0 Å². The lowest BCUT2D eigenvalue weighted by molar-refractivity contribution is 0.355. The molecule has 0 saturated heterocycles. The summed E-state index contributed by atoms with van der Waals surface area (Å²) in [6, 6.07) is 5.53. The van der Waals surface area contributed by atoms with E-state index in [2.05, 4.69) is 9.97 Å². The van der Waals surface area contributed by atoms with Crippen molar-refractivity contribution in [3.8, 4) is 22.8 Å². The molecule has 0 atom stereocenters. The molecule has 0 aliphatic heterocycles. The predicted octanol–water partition coefficient (Wildman–Crippen LogP) is 2.07. The lowest BCUT2D eigenvalue weighted by Gasteiger charge is -2.12. The number of methoxy groups -OCH3 is 2. The molecule has 2 aromatic rings. The van der Waals surface area contributed by atoms with Crippen molar-refractivity contribution in [3.05, 3.63) is 39.9 Å². The van der Waals surface area contributed by atoms with Crippen molar-refractivity contribution in [2.75, 3.05) is 14.2 Å². The zero-order valence-electron chi connectivity index (χ0n) is 11.4. The van der Waals surface area contributed by atoms with Crippen LogP contribution in [0.3, 0.4) is 0 Å². The predicted molar refractivity (Wildman–Crippen MR) is 72.9 cm³/mol. The third-order valence-corrected chi connectivity index (χ3v) is 2.89. The molecule has 2 rings (SSSR count). The number of rotatable bonds is 3. The van der Waals surface area contributed by atoms with Gasteiger partial charge in [-0.25, -0.2) is 4.79 Å². The first-order valence-electron chi connectivity index (χ1n) is 5.86. The van der Waals surface area contributed by atoms with E-state index in [0.29, 0.717) is 17.2 Å².